The van der Waals surface area contributed by atoms with Gasteiger partial charge in [0.25, 0.3) is 0 Å². The lowest BCUT2D eigenvalue weighted by Crippen LogP contribution is -2.42. The summed E-state index contributed by atoms with van der Waals surface area (Å²) in [5.74, 6) is -1.67. The number of amides is 1. The lowest BCUT2D eigenvalue weighted by Gasteiger charge is -2.17. The maximum absolute atomic E-state index is 12.6. The predicted octanol–water partition coefficient (Wildman–Crippen LogP) is 11.6. The highest BCUT2D eigenvalue weighted by Crippen LogP contribution is 2.15. The van der Waals surface area contributed by atoms with Crippen LogP contribution in [0.1, 0.15) is 219 Å². The first-order valence-corrected chi connectivity index (χ1v) is 19.7. The number of carbonyl (C=O) groups is 3. The van der Waals surface area contributed by atoms with Crippen molar-refractivity contribution in [3.8, 4) is 0 Å². The molecular formula is C39H75NO5. The third-order valence-corrected chi connectivity index (χ3v) is 9.02. The van der Waals surface area contributed by atoms with Gasteiger partial charge in [-0.15, -0.1) is 0 Å². The van der Waals surface area contributed by atoms with Crippen molar-refractivity contribution < 1.29 is 24.2 Å². The molecular weight excluding hydrogens is 562 g/mol. The van der Waals surface area contributed by atoms with Gasteiger partial charge in [-0.2, -0.15) is 0 Å². The topological polar surface area (TPSA) is 92.7 Å². The second kappa shape index (κ2) is 35.3. The quantitative estimate of drug-likeness (QED) is 0.0526. The van der Waals surface area contributed by atoms with Crippen LogP contribution in [0.2, 0.25) is 0 Å². The van der Waals surface area contributed by atoms with Gasteiger partial charge in [0.15, 0.2) is 0 Å². The fraction of sp³-hybridized carbons (Fsp3) is 0.923. The Morgan fingerprint density at radius 1 is 0.489 bits per heavy atom. The third kappa shape index (κ3) is 33.6. The average Bonchev–Trinajstić information content (AvgIpc) is 3.02. The fourth-order valence-corrected chi connectivity index (χ4v) is 6.01. The largest absolute Gasteiger partial charge is 0.481 e. The van der Waals surface area contributed by atoms with Crippen LogP contribution in [0.25, 0.3) is 0 Å². The standard InChI is InChI=1S/C39H75NO5/c1-3-5-7-9-11-13-14-15-16-17-18-19-20-21-22-23-25-27-29-31-35-45-39(44)36(33-34-38(42)43)40-37(41)32-30-28-26-24-12-10-8-6-4-2/h36H,3-35H2,1-2H3,(H,40,41)(H,42,43)/t36-/m0/s1. The van der Waals surface area contributed by atoms with Crippen LogP contribution in [-0.4, -0.2) is 35.6 Å². The Bertz CT molecular complexity index is 668. The number of hydrogen-bond donors (Lipinski definition) is 2. The molecule has 0 rings (SSSR count). The van der Waals surface area contributed by atoms with Crippen LogP contribution in [0, 0.1) is 0 Å². The van der Waals surface area contributed by atoms with E-state index >= 15 is 0 Å². The summed E-state index contributed by atoms with van der Waals surface area (Å²) < 4.78 is 5.43. The molecule has 0 radical (unpaired) electrons. The molecule has 0 saturated heterocycles. The number of carboxylic acid groups (broad SMARTS) is 1. The minimum Gasteiger partial charge on any atom is -0.481 e. The fourth-order valence-electron chi connectivity index (χ4n) is 6.01. The highest BCUT2D eigenvalue weighted by atomic mass is 16.5. The normalized spacial score (nSPS) is 11.9. The minimum absolute atomic E-state index is 0.0664. The molecule has 0 fully saturated rings. The molecule has 0 aliphatic heterocycles. The Hall–Kier alpha value is -1.59. The van der Waals surface area contributed by atoms with E-state index in [-0.39, 0.29) is 18.7 Å². The SMILES string of the molecule is CCCCCCCCCCCCCCCCCCCCCCOC(=O)[C@H](CCC(=O)O)NC(=O)CCCCCCCCCCC. The van der Waals surface area contributed by atoms with E-state index < -0.39 is 18.0 Å². The molecule has 0 unspecified atom stereocenters. The molecule has 6 nitrogen and oxygen atoms in total. The number of carbonyl (C=O) groups excluding carboxylic acids is 2. The average molecular weight is 638 g/mol. The molecule has 0 aliphatic carbocycles. The first-order chi connectivity index (χ1) is 22.0. The summed E-state index contributed by atoms with van der Waals surface area (Å²) in [4.78, 5) is 36.1. The van der Waals surface area contributed by atoms with Crippen molar-refractivity contribution in [3.05, 3.63) is 0 Å². The van der Waals surface area contributed by atoms with Gasteiger partial charge < -0.3 is 15.2 Å². The van der Waals surface area contributed by atoms with E-state index in [1.165, 1.54) is 148 Å². The summed E-state index contributed by atoms with van der Waals surface area (Å²) in [5, 5.41) is 11.8. The van der Waals surface area contributed by atoms with Crippen molar-refractivity contribution in [3.63, 3.8) is 0 Å². The van der Waals surface area contributed by atoms with E-state index in [1.54, 1.807) is 0 Å². The van der Waals surface area contributed by atoms with E-state index in [0.717, 1.165) is 38.5 Å². The second-order valence-corrected chi connectivity index (χ2v) is 13.5. The number of unbranched alkanes of at least 4 members (excludes halogenated alkanes) is 27. The predicted molar refractivity (Wildman–Crippen MR) is 190 cm³/mol. The Kier molecular flexibility index (Phi) is 34.0. The van der Waals surface area contributed by atoms with Crippen molar-refractivity contribution in [1.29, 1.82) is 0 Å². The van der Waals surface area contributed by atoms with E-state index in [9.17, 15) is 14.4 Å². The lowest BCUT2D eigenvalue weighted by atomic mass is 10.0. The number of esters is 1. The number of ether oxygens (including phenoxy) is 1. The molecule has 0 aromatic rings. The zero-order valence-electron chi connectivity index (χ0n) is 30.0. The molecule has 1 amide bonds. The number of carboxylic acids is 1. The van der Waals surface area contributed by atoms with E-state index in [0.29, 0.717) is 13.0 Å². The van der Waals surface area contributed by atoms with Gasteiger partial charge in [-0.05, 0) is 19.3 Å². The van der Waals surface area contributed by atoms with Gasteiger partial charge >= 0.3 is 11.9 Å². The first kappa shape index (κ1) is 43.4. The molecule has 45 heavy (non-hydrogen) atoms. The molecule has 0 heterocycles. The molecule has 2 N–H and O–H groups in total. The van der Waals surface area contributed by atoms with Crippen LogP contribution in [0.15, 0.2) is 0 Å². The van der Waals surface area contributed by atoms with Gasteiger partial charge in [0.05, 0.1) is 6.61 Å². The number of aliphatic carboxylic acids is 1. The van der Waals surface area contributed by atoms with Crippen LogP contribution in [0.4, 0.5) is 0 Å². The third-order valence-electron chi connectivity index (χ3n) is 9.02. The number of rotatable bonds is 36. The summed E-state index contributed by atoms with van der Waals surface area (Å²) in [6.07, 6.45) is 37.3. The summed E-state index contributed by atoms with van der Waals surface area (Å²) in [6, 6.07) is -0.878. The maximum atomic E-state index is 12.6. The van der Waals surface area contributed by atoms with E-state index in [1.807, 2.05) is 0 Å². The molecule has 266 valence electrons. The zero-order chi connectivity index (χ0) is 33.1. The molecule has 0 aliphatic rings. The Labute approximate surface area is 279 Å². The van der Waals surface area contributed by atoms with Crippen LogP contribution in [0.3, 0.4) is 0 Å². The first-order valence-electron chi connectivity index (χ1n) is 19.7. The van der Waals surface area contributed by atoms with Crippen LogP contribution in [0.5, 0.6) is 0 Å². The monoisotopic (exact) mass is 638 g/mol. The number of hydrogen-bond acceptors (Lipinski definition) is 4. The minimum atomic E-state index is -0.977. The summed E-state index contributed by atoms with van der Waals surface area (Å²) in [7, 11) is 0. The van der Waals surface area contributed by atoms with Crippen LogP contribution >= 0.6 is 0 Å². The van der Waals surface area contributed by atoms with Gasteiger partial charge in [-0.25, -0.2) is 4.79 Å². The Morgan fingerprint density at radius 2 is 0.822 bits per heavy atom. The van der Waals surface area contributed by atoms with Gasteiger partial charge in [-0.3, -0.25) is 9.59 Å². The zero-order valence-corrected chi connectivity index (χ0v) is 30.0. The maximum Gasteiger partial charge on any atom is 0.328 e. The van der Waals surface area contributed by atoms with Crippen molar-refractivity contribution in [2.24, 2.45) is 0 Å². The summed E-state index contributed by atoms with van der Waals surface area (Å²) >= 11 is 0. The van der Waals surface area contributed by atoms with Gasteiger partial charge in [-0.1, -0.05) is 187 Å². The second-order valence-electron chi connectivity index (χ2n) is 13.5. The summed E-state index contributed by atoms with van der Waals surface area (Å²) in [5.41, 5.74) is 0. The van der Waals surface area contributed by atoms with Crippen molar-refractivity contribution in [1.82, 2.24) is 5.32 Å². The van der Waals surface area contributed by atoms with E-state index in [2.05, 4.69) is 19.2 Å². The van der Waals surface area contributed by atoms with E-state index in [4.69, 9.17) is 9.84 Å². The molecule has 6 heteroatoms. The van der Waals surface area contributed by atoms with Crippen LogP contribution < -0.4 is 5.32 Å². The lowest BCUT2D eigenvalue weighted by molar-refractivity contribution is -0.148. The van der Waals surface area contributed by atoms with Gasteiger partial charge in [0.1, 0.15) is 6.04 Å². The molecule has 0 spiro atoms. The molecule has 0 aromatic carbocycles. The smallest absolute Gasteiger partial charge is 0.328 e. The van der Waals surface area contributed by atoms with Crippen molar-refractivity contribution in [2.75, 3.05) is 6.61 Å². The summed E-state index contributed by atoms with van der Waals surface area (Å²) in [6.45, 7) is 4.83. The molecule has 0 bridgehead atoms. The Balaban J connectivity index is 3.72. The van der Waals surface area contributed by atoms with Gasteiger partial charge in [0, 0.05) is 12.8 Å². The van der Waals surface area contributed by atoms with Crippen LogP contribution in [-0.2, 0) is 19.1 Å². The Morgan fingerprint density at radius 3 is 1.18 bits per heavy atom. The highest BCUT2D eigenvalue weighted by Gasteiger charge is 2.23. The van der Waals surface area contributed by atoms with Gasteiger partial charge in [0.2, 0.25) is 5.91 Å². The molecule has 0 aromatic heterocycles. The molecule has 0 saturated carbocycles. The number of nitrogens with one attached hydrogen (secondary N) is 1. The van der Waals surface area contributed by atoms with Crippen molar-refractivity contribution >= 4 is 17.8 Å². The highest BCUT2D eigenvalue weighted by molar-refractivity contribution is 5.84. The molecule has 1 atom stereocenters. The van der Waals surface area contributed by atoms with Crippen molar-refractivity contribution in [2.45, 2.75) is 225 Å².